The molecule has 0 saturated carbocycles. The van der Waals surface area contributed by atoms with E-state index in [0.29, 0.717) is 10.8 Å². The maximum atomic E-state index is 12.4. The molecule has 116 valence electrons. The topological polar surface area (TPSA) is 84.2 Å². The van der Waals surface area contributed by atoms with Crippen LogP contribution >= 0.6 is 11.6 Å². The van der Waals surface area contributed by atoms with E-state index in [1.807, 2.05) is 0 Å². The maximum Gasteiger partial charge on any atom is 0.325 e. The number of aliphatic carboxylic acids is 1. The molecule has 0 radical (unpaired) electrons. The molecular formula is C15H16ClN3O3. The highest BCUT2D eigenvalue weighted by molar-refractivity contribution is 6.30. The van der Waals surface area contributed by atoms with Crippen molar-refractivity contribution >= 4 is 29.3 Å². The lowest BCUT2D eigenvalue weighted by Gasteiger charge is -2.23. The van der Waals surface area contributed by atoms with Crippen LogP contribution in [0, 0.1) is 0 Å². The molecule has 0 atom stereocenters. The third-order valence-corrected chi connectivity index (χ3v) is 3.57. The van der Waals surface area contributed by atoms with Gasteiger partial charge >= 0.3 is 5.97 Å². The van der Waals surface area contributed by atoms with Crippen molar-refractivity contribution in [2.45, 2.75) is 25.8 Å². The second-order valence-corrected chi connectivity index (χ2v) is 5.81. The molecule has 0 unspecified atom stereocenters. The van der Waals surface area contributed by atoms with Crippen LogP contribution < -0.4 is 5.32 Å². The Labute approximate surface area is 132 Å². The van der Waals surface area contributed by atoms with Crippen molar-refractivity contribution in [3.8, 4) is 0 Å². The number of carbonyl (C=O) groups excluding carboxylic acids is 1. The molecule has 0 aliphatic rings. The molecule has 0 aliphatic carbocycles. The highest BCUT2D eigenvalue weighted by Crippen LogP contribution is 2.26. The Morgan fingerprint density at radius 3 is 2.50 bits per heavy atom. The second-order valence-electron chi connectivity index (χ2n) is 5.38. The van der Waals surface area contributed by atoms with Crippen LogP contribution in [0.1, 0.15) is 19.4 Å². The van der Waals surface area contributed by atoms with Crippen LogP contribution in [0.5, 0.6) is 0 Å². The first-order chi connectivity index (χ1) is 10.3. The van der Waals surface area contributed by atoms with Gasteiger partial charge in [0.15, 0.2) is 5.82 Å². The van der Waals surface area contributed by atoms with Crippen molar-refractivity contribution in [3.63, 3.8) is 0 Å². The Morgan fingerprint density at radius 2 is 1.91 bits per heavy atom. The van der Waals surface area contributed by atoms with Gasteiger partial charge in [-0.15, -0.1) is 0 Å². The lowest BCUT2D eigenvalue weighted by molar-refractivity contribution is -0.137. The standard InChI is InChI=1S/C15H16ClN3O3/c1-15(2,10-3-5-11(16)6-4-10)14(22)17-12-7-8-19(18-12)9-13(20)21/h3-8H,9H2,1-2H3,(H,20,21)(H,17,18,22). The van der Waals surface area contributed by atoms with Gasteiger partial charge in [0.2, 0.25) is 5.91 Å². The molecule has 0 spiro atoms. The normalized spacial score (nSPS) is 11.2. The van der Waals surface area contributed by atoms with Crippen molar-refractivity contribution < 1.29 is 14.7 Å². The fraction of sp³-hybridized carbons (Fsp3) is 0.267. The van der Waals surface area contributed by atoms with E-state index < -0.39 is 11.4 Å². The summed E-state index contributed by atoms with van der Waals surface area (Å²) < 4.78 is 1.24. The first-order valence-electron chi connectivity index (χ1n) is 6.62. The van der Waals surface area contributed by atoms with Gasteiger partial charge < -0.3 is 10.4 Å². The Kier molecular flexibility index (Phi) is 4.51. The summed E-state index contributed by atoms with van der Waals surface area (Å²) in [6, 6.07) is 8.61. The van der Waals surface area contributed by atoms with Gasteiger partial charge in [0, 0.05) is 17.3 Å². The molecule has 1 amide bonds. The molecule has 6 nitrogen and oxygen atoms in total. The quantitative estimate of drug-likeness (QED) is 0.886. The minimum absolute atomic E-state index is 0.240. The summed E-state index contributed by atoms with van der Waals surface area (Å²) in [5.41, 5.74) is 0.0422. The molecule has 22 heavy (non-hydrogen) atoms. The number of aromatic nitrogens is 2. The molecule has 0 aliphatic heterocycles. The van der Waals surface area contributed by atoms with Gasteiger partial charge in [0.1, 0.15) is 6.54 Å². The van der Waals surface area contributed by atoms with E-state index in [0.717, 1.165) is 5.56 Å². The van der Waals surface area contributed by atoms with E-state index in [1.54, 1.807) is 44.2 Å². The Morgan fingerprint density at radius 1 is 1.27 bits per heavy atom. The van der Waals surface area contributed by atoms with Crippen molar-refractivity contribution in [1.29, 1.82) is 0 Å². The molecule has 2 N–H and O–H groups in total. The highest BCUT2D eigenvalue weighted by atomic mass is 35.5. The second kappa shape index (κ2) is 6.19. The van der Waals surface area contributed by atoms with Crippen LogP contribution in [0.2, 0.25) is 5.02 Å². The monoisotopic (exact) mass is 321 g/mol. The number of rotatable bonds is 5. The number of nitrogens with one attached hydrogen (secondary N) is 1. The first kappa shape index (κ1) is 16.0. The van der Waals surface area contributed by atoms with Gasteiger partial charge in [-0.1, -0.05) is 23.7 Å². The molecule has 0 bridgehead atoms. The number of amides is 1. The SMILES string of the molecule is CC(C)(C(=O)Nc1ccn(CC(=O)O)n1)c1ccc(Cl)cc1. The van der Waals surface area contributed by atoms with Crippen LogP contribution in [-0.4, -0.2) is 26.8 Å². The summed E-state index contributed by atoms with van der Waals surface area (Å²) in [5.74, 6) is -0.925. The summed E-state index contributed by atoms with van der Waals surface area (Å²) in [6.45, 7) is 3.33. The Balaban J connectivity index is 2.11. The van der Waals surface area contributed by atoms with Crippen LogP contribution in [0.3, 0.4) is 0 Å². The molecule has 2 aromatic rings. The number of anilines is 1. The van der Waals surface area contributed by atoms with Gasteiger partial charge in [-0.3, -0.25) is 14.3 Å². The van der Waals surface area contributed by atoms with Gasteiger partial charge in [-0.25, -0.2) is 0 Å². The van der Waals surface area contributed by atoms with Crippen molar-refractivity contribution in [3.05, 3.63) is 47.1 Å². The Bertz CT molecular complexity index is 692. The largest absolute Gasteiger partial charge is 0.480 e. The smallest absolute Gasteiger partial charge is 0.325 e. The Hall–Kier alpha value is -2.34. The van der Waals surface area contributed by atoms with Crippen LogP contribution in [-0.2, 0) is 21.5 Å². The van der Waals surface area contributed by atoms with Gasteiger partial charge in [0.05, 0.1) is 5.41 Å². The molecule has 1 heterocycles. The summed E-state index contributed by atoms with van der Waals surface area (Å²) >= 11 is 5.85. The van der Waals surface area contributed by atoms with Crippen LogP contribution in [0.4, 0.5) is 5.82 Å². The molecule has 1 aromatic heterocycles. The average Bonchev–Trinajstić information content (AvgIpc) is 2.85. The van der Waals surface area contributed by atoms with Crippen molar-refractivity contribution in [2.75, 3.05) is 5.32 Å². The molecule has 7 heteroatoms. The summed E-state index contributed by atoms with van der Waals surface area (Å²) in [6.07, 6.45) is 1.50. The van der Waals surface area contributed by atoms with E-state index in [4.69, 9.17) is 16.7 Å². The molecule has 0 fully saturated rings. The fourth-order valence-corrected chi connectivity index (χ4v) is 2.05. The third-order valence-electron chi connectivity index (χ3n) is 3.31. The number of hydrogen-bond acceptors (Lipinski definition) is 3. The third kappa shape index (κ3) is 3.65. The number of carboxylic acids is 1. The average molecular weight is 322 g/mol. The van der Waals surface area contributed by atoms with Crippen molar-refractivity contribution in [2.24, 2.45) is 0 Å². The van der Waals surface area contributed by atoms with Crippen molar-refractivity contribution in [1.82, 2.24) is 9.78 Å². The number of hydrogen-bond donors (Lipinski definition) is 2. The zero-order valence-electron chi connectivity index (χ0n) is 12.2. The molecule has 2 rings (SSSR count). The summed E-state index contributed by atoms with van der Waals surface area (Å²) in [4.78, 5) is 23.1. The molecule has 1 aromatic carbocycles. The minimum atomic E-state index is -0.998. The summed E-state index contributed by atoms with van der Waals surface area (Å²) in [7, 11) is 0. The minimum Gasteiger partial charge on any atom is -0.480 e. The zero-order chi connectivity index (χ0) is 16.3. The van der Waals surface area contributed by atoms with Gasteiger partial charge in [-0.2, -0.15) is 5.10 Å². The van der Waals surface area contributed by atoms with Crippen LogP contribution in [0.25, 0.3) is 0 Å². The van der Waals surface area contributed by atoms with E-state index in [-0.39, 0.29) is 12.5 Å². The lowest BCUT2D eigenvalue weighted by Crippen LogP contribution is -2.34. The summed E-state index contributed by atoms with van der Waals surface area (Å²) in [5, 5.41) is 16.0. The molecular weight excluding hydrogens is 306 g/mol. The maximum absolute atomic E-state index is 12.4. The highest BCUT2D eigenvalue weighted by Gasteiger charge is 2.30. The van der Waals surface area contributed by atoms with E-state index in [1.165, 1.54) is 10.9 Å². The predicted octanol–water partition coefficient (Wildman–Crippen LogP) is 2.54. The number of nitrogens with zero attached hydrogens (tertiary/aromatic N) is 2. The number of carbonyl (C=O) groups is 2. The number of halogens is 1. The number of benzene rings is 1. The van der Waals surface area contributed by atoms with E-state index >= 15 is 0 Å². The zero-order valence-corrected chi connectivity index (χ0v) is 13.0. The van der Waals surface area contributed by atoms with Crippen LogP contribution in [0.15, 0.2) is 36.5 Å². The lowest BCUT2D eigenvalue weighted by atomic mass is 9.84. The van der Waals surface area contributed by atoms with Gasteiger partial charge in [-0.05, 0) is 31.5 Å². The first-order valence-corrected chi connectivity index (χ1v) is 6.99. The molecule has 0 saturated heterocycles. The predicted molar refractivity (Wildman–Crippen MR) is 83.0 cm³/mol. The number of carboxylic acid groups (broad SMARTS) is 1. The van der Waals surface area contributed by atoms with E-state index in [2.05, 4.69) is 10.4 Å². The van der Waals surface area contributed by atoms with Gasteiger partial charge in [0.25, 0.3) is 0 Å². The van der Waals surface area contributed by atoms with E-state index in [9.17, 15) is 9.59 Å². The fourth-order valence-electron chi connectivity index (χ4n) is 1.93.